The Hall–Kier alpha value is -2.29. The average molecular weight is 281 g/mol. The maximum atomic E-state index is 9.47. The third-order valence-electron chi connectivity index (χ3n) is 3.95. The van der Waals surface area contributed by atoms with Crippen LogP contribution in [0.25, 0.3) is 11.1 Å². The lowest BCUT2D eigenvalue weighted by atomic mass is 9.87. The van der Waals surface area contributed by atoms with Crippen LogP contribution in [0.2, 0.25) is 0 Å². The highest BCUT2D eigenvalue weighted by Gasteiger charge is 2.23. The molecule has 0 aromatic heterocycles. The van der Waals surface area contributed by atoms with Gasteiger partial charge in [-0.05, 0) is 55.2 Å². The molecule has 2 aromatic carbocycles. The number of ether oxygens (including phenoxy) is 1. The molecule has 108 valence electrons. The van der Waals surface area contributed by atoms with E-state index in [1.807, 2.05) is 25.1 Å². The quantitative estimate of drug-likeness (QED) is 0.909. The first-order valence-corrected chi connectivity index (χ1v) is 7.14. The molecule has 1 aliphatic heterocycles. The normalized spacial score (nSPS) is 17.1. The molecule has 0 radical (unpaired) electrons. The number of benzene rings is 2. The van der Waals surface area contributed by atoms with Gasteiger partial charge in [0, 0.05) is 11.3 Å². The Bertz CT molecular complexity index is 702. The molecule has 0 spiro atoms. The maximum absolute atomic E-state index is 9.47. The summed E-state index contributed by atoms with van der Waals surface area (Å²) in [5.41, 5.74) is 5.71. The van der Waals surface area contributed by atoms with Crippen LogP contribution in [-0.2, 0) is 6.42 Å². The Labute approximate surface area is 124 Å². The van der Waals surface area contributed by atoms with Crippen molar-refractivity contribution in [3.05, 3.63) is 47.5 Å². The highest BCUT2D eigenvalue weighted by Crippen LogP contribution is 2.36. The molecular weight excluding hydrogens is 262 g/mol. The van der Waals surface area contributed by atoms with Crippen molar-refractivity contribution in [2.24, 2.45) is 4.99 Å². The van der Waals surface area contributed by atoms with Crippen molar-refractivity contribution in [1.82, 2.24) is 0 Å². The second-order valence-electron chi connectivity index (χ2n) is 5.48. The predicted octanol–water partition coefficient (Wildman–Crippen LogP) is 3.82. The molecule has 0 fully saturated rings. The van der Waals surface area contributed by atoms with Crippen LogP contribution in [0.3, 0.4) is 0 Å². The summed E-state index contributed by atoms with van der Waals surface area (Å²) in [6, 6.07) is 11.7. The van der Waals surface area contributed by atoms with Gasteiger partial charge in [0.05, 0.1) is 13.2 Å². The Morgan fingerprint density at radius 3 is 2.52 bits per heavy atom. The number of phenols is 1. The van der Waals surface area contributed by atoms with Crippen molar-refractivity contribution in [1.29, 1.82) is 0 Å². The van der Waals surface area contributed by atoms with Gasteiger partial charge in [-0.15, -0.1) is 0 Å². The molecule has 0 unspecified atom stereocenters. The van der Waals surface area contributed by atoms with Crippen molar-refractivity contribution in [3.63, 3.8) is 0 Å². The van der Waals surface area contributed by atoms with Gasteiger partial charge in [-0.2, -0.15) is 0 Å². The summed E-state index contributed by atoms with van der Waals surface area (Å²) in [6.07, 6.45) is 0.903. The number of aliphatic imine (C=N–C) groups is 1. The fraction of sp³-hybridized carbons (Fsp3) is 0.278. The van der Waals surface area contributed by atoms with Crippen LogP contribution < -0.4 is 4.74 Å². The molecule has 0 bridgehead atoms. The first-order valence-electron chi connectivity index (χ1n) is 7.14. The number of methoxy groups -OCH3 is 1. The standard InChI is InChI=1S/C18H19NO2/c1-11-10-16-15(13-4-6-14(20)7-5-13)8-9-17(21-3)18(16)12(2)19-11/h4-9,11,20H,10H2,1-3H3/t11-/m1/s1. The second kappa shape index (κ2) is 5.24. The van der Waals surface area contributed by atoms with Crippen molar-refractivity contribution in [2.45, 2.75) is 26.3 Å². The average Bonchev–Trinajstić information content (AvgIpc) is 2.47. The minimum absolute atomic E-state index is 0.278. The van der Waals surface area contributed by atoms with Gasteiger partial charge in [-0.3, -0.25) is 4.99 Å². The first-order chi connectivity index (χ1) is 10.1. The Balaban J connectivity index is 2.22. The van der Waals surface area contributed by atoms with E-state index in [4.69, 9.17) is 4.74 Å². The summed E-state index contributed by atoms with van der Waals surface area (Å²) in [5.74, 6) is 1.16. The number of hydrogen-bond acceptors (Lipinski definition) is 3. The Morgan fingerprint density at radius 2 is 1.86 bits per heavy atom. The van der Waals surface area contributed by atoms with Crippen LogP contribution in [0.4, 0.5) is 0 Å². The second-order valence-corrected chi connectivity index (χ2v) is 5.48. The Morgan fingerprint density at radius 1 is 1.14 bits per heavy atom. The van der Waals surface area contributed by atoms with Crippen LogP contribution in [0.15, 0.2) is 41.4 Å². The van der Waals surface area contributed by atoms with E-state index in [1.165, 1.54) is 11.1 Å². The lowest BCUT2D eigenvalue weighted by molar-refractivity contribution is 0.413. The number of nitrogens with zero attached hydrogens (tertiary/aromatic N) is 1. The molecule has 1 atom stereocenters. The zero-order valence-corrected chi connectivity index (χ0v) is 12.6. The van der Waals surface area contributed by atoms with E-state index >= 15 is 0 Å². The number of phenolic OH excluding ortho intramolecular Hbond substituents is 1. The lowest BCUT2D eigenvalue weighted by Gasteiger charge is -2.24. The molecular formula is C18H19NO2. The van der Waals surface area contributed by atoms with Crippen LogP contribution in [0.1, 0.15) is 25.0 Å². The summed E-state index contributed by atoms with van der Waals surface area (Å²) < 4.78 is 5.51. The van der Waals surface area contributed by atoms with Gasteiger partial charge < -0.3 is 9.84 Å². The highest BCUT2D eigenvalue weighted by atomic mass is 16.5. The topological polar surface area (TPSA) is 41.8 Å². The van der Waals surface area contributed by atoms with E-state index < -0.39 is 0 Å². The summed E-state index contributed by atoms with van der Waals surface area (Å²) >= 11 is 0. The minimum atomic E-state index is 0.278. The van der Waals surface area contributed by atoms with E-state index in [9.17, 15) is 5.11 Å². The molecule has 1 aliphatic rings. The maximum Gasteiger partial charge on any atom is 0.128 e. The van der Waals surface area contributed by atoms with Gasteiger partial charge >= 0.3 is 0 Å². The summed E-state index contributed by atoms with van der Waals surface area (Å²) in [6.45, 7) is 4.17. The van der Waals surface area contributed by atoms with Gasteiger partial charge in [0.1, 0.15) is 11.5 Å². The molecule has 0 amide bonds. The van der Waals surface area contributed by atoms with Crippen LogP contribution in [-0.4, -0.2) is 24.0 Å². The molecule has 3 heteroatoms. The fourth-order valence-electron chi connectivity index (χ4n) is 3.05. The third kappa shape index (κ3) is 2.40. The molecule has 3 nitrogen and oxygen atoms in total. The molecule has 0 saturated heterocycles. The van der Waals surface area contributed by atoms with Crippen LogP contribution >= 0.6 is 0 Å². The van der Waals surface area contributed by atoms with Crippen molar-refractivity contribution in [3.8, 4) is 22.6 Å². The number of hydrogen-bond donors (Lipinski definition) is 1. The predicted molar refractivity (Wildman–Crippen MR) is 85.5 cm³/mol. The van der Waals surface area contributed by atoms with Gasteiger partial charge in [0.15, 0.2) is 0 Å². The van der Waals surface area contributed by atoms with Gasteiger partial charge in [-0.25, -0.2) is 0 Å². The number of rotatable bonds is 2. The summed E-state index contributed by atoms with van der Waals surface area (Å²) in [7, 11) is 1.70. The zero-order valence-electron chi connectivity index (χ0n) is 12.6. The molecule has 0 aliphatic carbocycles. The smallest absolute Gasteiger partial charge is 0.128 e. The number of fused-ring (bicyclic) bond motifs is 1. The van der Waals surface area contributed by atoms with Gasteiger partial charge in [-0.1, -0.05) is 18.2 Å². The minimum Gasteiger partial charge on any atom is -0.508 e. The third-order valence-corrected chi connectivity index (χ3v) is 3.95. The summed E-state index contributed by atoms with van der Waals surface area (Å²) in [5, 5.41) is 9.47. The van der Waals surface area contributed by atoms with E-state index in [1.54, 1.807) is 19.2 Å². The fourth-order valence-corrected chi connectivity index (χ4v) is 3.05. The van der Waals surface area contributed by atoms with Gasteiger partial charge in [0.25, 0.3) is 0 Å². The van der Waals surface area contributed by atoms with Crippen molar-refractivity contribution < 1.29 is 9.84 Å². The molecule has 3 rings (SSSR count). The lowest BCUT2D eigenvalue weighted by Crippen LogP contribution is -2.18. The van der Waals surface area contributed by atoms with E-state index in [0.29, 0.717) is 0 Å². The van der Waals surface area contributed by atoms with Crippen LogP contribution in [0.5, 0.6) is 11.5 Å². The monoisotopic (exact) mass is 281 g/mol. The van der Waals surface area contributed by atoms with Crippen LogP contribution in [0, 0.1) is 0 Å². The highest BCUT2D eigenvalue weighted by molar-refractivity contribution is 6.05. The van der Waals surface area contributed by atoms with E-state index in [0.717, 1.165) is 29.0 Å². The Kier molecular flexibility index (Phi) is 3.42. The molecule has 21 heavy (non-hydrogen) atoms. The van der Waals surface area contributed by atoms with E-state index in [-0.39, 0.29) is 11.8 Å². The molecule has 1 heterocycles. The largest absolute Gasteiger partial charge is 0.508 e. The first kappa shape index (κ1) is 13.7. The number of aromatic hydroxyl groups is 1. The SMILES string of the molecule is COc1ccc(-c2ccc(O)cc2)c2c1C(C)=N[C@H](C)C2. The van der Waals surface area contributed by atoms with Crippen molar-refractivity contribution in [2.75, 3.05) is 7.11 Å². The van der Waals surface area contributed by atoms with Gasteiger partial charge in [0.2, 0.25) is 0 Å². The molecule has 2 aromatic rings. The molecule has 1 N–H and O–H groups in total. The molecule has 0 saturated carbocycles. The summed E-state index contributed by atoms with van der Waals surface area (Å²) in [4.78, 5) is 4.68. The zero-order chi connectivity index (χ0) is 15.0. The van der Waals surface area contributed by atoms with Crippen molar-refractivity contribution >= 4 is 5.71 Å². The van der Waals surface area contributed by atoms with E-state index in [2.05, 4.69) is 18.0 Å².